The Morgan fingerprint density at radius 1 is 1.15 bits per heavy atom. The van der Waals surface area contributed by atoms with Gasteiger partial charge in [-0.1, -0.05) is 13.8 Å². The van der Waals surface area contributed by atoms with Crippen molar-refractivity contribution in [2.24, 2.45) is 11.8 Å². The maximum absolute atomic E-state index is 6.16. The molecule has 1 saturated heterocycles. The second-order valence-corrected chi connectivity index (χ2v) is 6.17. The quantitative estimate of drug-likeness (QED) is 0.843. The van der Waals surface area contributed by atoms with Crippen LogP contribution in [0, 0.1) is 11.8 Å². The standard InChI is InChI=1S/C16H24N2O2/c1-11-3-4-18(9-12(11)2)10-13-7-15-16(8-14(13)17)20-6-5-19-15/h7-8,11-12H,3-6,9-10,17H2,1-2H3. The largest absolute Gasteiger partial charge is 0.486 e. The van der Waals surface area contributed by atoms with Crippen LogP contribution in [0.2, 0.25) is 0 Å². The molecule has 1 fully saturated rings. The first-order chi connectivity index (χ1) is 9.63. The van der Waals surface area contributed by atoms with Gasteiger partial charge in [0.2, 0.25) is 0 Å². The minimum absolute atomic E-state index is 0.604. The maximum atomic E-state index is 6.16. The summed E-state index contributed by atoms with van der Waals surface area (Å²) >= 11 is 0. The smallest absolute Gasteiger partial charge is 0.163 e. The molecule has 2 heterocycles. The highest BCUT2D eigenvalue weighted by molar-refractivity contribution is 5.58. The van der Waals surface area contributed by atoms with E-state index in [0.717, 1.165) is 54.2 Å². The van der Waals surface area contributed by atoms with Crippen LogP contribution in [0.1, 0.15) is 25.8 Å². The summed E-state index contributed by atoms with van der Waals surface area (Å²) in [5.74, 6) is 3.18. The lowest BCUT2D eigenvalue weighted by Gasteiger charge is -2.35. The Morgan fingerprint density at radius 2 is 1.85 bits per heavy atom. The normalized spacial score (nSPS) is 26.5. The zero-order chi connectivity index (χ0) is 14.1. The molecule has 0 bridgehead atoms. The van der Waals surface area contributed by atoms with E-state index in [0.29, 0.717) is 13.2 Å². The van der Waals surface area contributed by atoms with Gasteiger partial charge in [-0.15, -0.1) is 0 Å². The van der Waals surface area contributed by atoms with Crippen LogP contribution in [0.25, 0.3) is 0 Å². The molecule has 2 atom stereocenters. The van der Waals surface area contributed by atoms with Crippen LogP contribution in [-0.4, -0.2) is 31.2 Å². The van der Waals surface area contributed by atoms with Crippen LogP contribution in [0.5, 0.6) is 11.5 Å². The van der Waals surface area contributed by atoms with Gasteiger partial charge in [0.15, 0.2) is 11.5 Å². The van der Waals surface area contributed by atoms with Crippen molar-refractivity contribution in [1.29, 1.82) is 0 Å². The second-order valence-electron chi connectivity index (χ2n) is 6.17. The first-order valence-electron chi connectivity index (χ1n) is 7.54. The summed E-state index contributed by atoms with van der Waals surface area (Å²) < 4.78 is 11.2. The van der Waals surface area contributed by atoms with E-state index in [-0.39, 0.29) is 0 Å². The molecule has 1 aromatic carbocycles. The van der Waals surface area contributed by atoms with E-state index in [2.05, 4.69) is 18.7 Å². The Hall–Kier alpha value is -1.42. The molecule has 4 heteroatoms. The molecule has 2 N–H and O–H groups in total. The van der Waals surface area contributed by atoms with Gasteiger partial charge in [0.1, 0.15) is 13.2 Å². The number of fused-ring (bicyclic) bond motifs is 1. The summed E-state index contributed by atoms with van der Waals surface area (Å²) in [6.45, 7) is 9.11. The number of likely N-dealkylation sites (tertiary alicyclic amines) is 1. The van der Waals surface area contributed by atoms with Gasteiger partial charge in [0, 0.05) is 24.8 Å². The number of nitrogen functional groups attached to an aromatic ring is 1. The van der Waals surface area contributed by atoms with Crippen molar-refractivity contribution in [3.05, 3.63) is 17.7 Å². The number of piperidine rings is 1. The van der Waals surface area contributed by atoms with Gasteiger partial charge in [-0.05, 0) is 36.4 Å². The summed E-state index contributed by atoms with van der Waals surface area (Å²) in [5.41, 5.74) is 8.12. The zero-order valence-electron chi connectivity index (χ0n) is 12.4. The predicted octanol–water partition coefficient (Wildman–Crippen LogP) is 2.52. The Labute approximate surface area is 120 Å². The van der Waals surface area contributed by atoms with Crippen molar-refractivity contribution >= 4 is 5.69 Å². The van der Waals surface area contributed by atoms with E-state index < -0.39 is 0 Å². The molecule has 0 saturated carbocycles. The van der Waals surface area contributed by atoms with Gasteiger partial charge in [0.25, 0.3) is 0 Å². The number of nitrogens with two attached hydrogens (primary N) is 1. The molecule has 0 amide bonds. The van der Waals surface area contributed by atoms with Crippen molar-refractivity contribution < 1.29 is 9.47 Å². The summed E-state index contributed by atoms with van der Waals surface area (Å²) in [4.78, 5) is 2.49. The minimum Gasteiger partial charge on any atom is -0.486 e. The van der Waals surface area contributed by atoms with Crippen LogP contribution >= 0.6 is 0 Å². The van der Waals surface area contributed by atoms with Crippen molar-refractivity contribution in [2.75, 3.05) is 32.0 Å². The van der Waals surface area contributed by atoms with E-state index in [1.54, 1.807) is 0 Å². The van der Waals surface area contributed by atoms with Crippen molar-refractivity contribution in [1.82, 2.24) is 4.90 Å². The van der Waals surface area contributed by atoms with Crippen LogP contribution < -0.4 is 15.2 Å². The first kappa shape index (κ1) is 13.6. The Bertz CT molecular complexity index is 490. The van der Waals surface area contributed by atoms with E-state index in [1.807, 2.05) is 12.1 Å². The Morgan fingerprint density at radius 3 is 2.55 bits per heavy atom. The summed E-state index contributed by atoms with van der Waals surface area (Å²) in [6.07, 6.45) is 1.27. The fraction of sp³-hybridized carbons (Fsp3) is 0.625. The van der Waals surface area contributed by atoms with Crippen LogP contribution in [-0.2, 0) is 6.54 Å². The molecule has 3 rings (SSSR count). The van der Waals surface area contributed by atoms with Gasteiger partial charge in [-0.2, -0.15) is 0 Å². The molecule has 2 aliphatic heterocycles. The number of ether oxygens (including phenoxy) is 2. The van der Waals surface area contributed by atoms with Gasteiger partial charge < -0.3 is 15.2 Å². The number of nitrogens with zero attached hydrogens (tertiary/aromatic N) is 1. The second kappa shape index (κ2) is 5.52. The Kier molecular flexibility index (Phi) is 3.74. The average Bonchev–Trinajstić information content (AvgIpc) is 2.44. The number of benzene rings is 1. The summed E-state index contributed by atoms with van der Waals surface area (Å²) in [7, 11) is 0. The third-order valence-corrected chi connectivity index (χ3v) is 4.62. The van der Waals surface area contributed by atoms with Gasteiger partial charge in [0.05, 0.1) is 0 Å². The molecule has 0 radical (unpaired) electrons. The SMILES string of the molecule is CC1CCN(Cc2cc3c(cc2N)OCCO3)CC1C. The van der Waals surface area contributed by atoms with Crippen LogP contribution in [0.15, 0.2) is 12.1 Å². The lowest BCUT2D eigenvalue weighted by atomic mass is 9.88. The van der Waals surface area contributed by atoms with Crippen LogP contribution in [0.4, 0.5) is 5.69 Å². The fourth-order valence-electron chi connectivity index (χ4n) is 3.02. The van der Waals surface area contributed by atoms with E-state index in [9.17, 15) is 0 Å². The number of anilines is 1. The van der Waals surface area contributed by atoms with Gasteiger partial charge in [-0.25, -0.2) is 0 Å². The van der Waals surface area contributed by atoms with Crippen molar-refractivity contribution in [3.63, 3.8) is 0 Å². The molecule has 0 spiro atoms. The summed E-state index contributed by atoms with van der Waals surface area (Å²) in [5, 5.41) is 0. The minimum atomic E-state index is 0.604. The molecule has 20 heavy (non-hydrogen) atoms. The third-order valence-electron chi connectivity index (χ3n) is 4.62. The van der Waals surface area contributed by atoms with Gasteiger partial charge in [-0.3, -0.25) is 4.90 Å². The molecule has 0 aliphatic carbocycles. The van der Waals surface area contributed by atoms with Crippen LogP contribution in [0.3, 0.4) is 0 Å². The topological polar surface area (TPSA) is 47.7 Å². The lowest BCUT2D eigenvalue weighted by Crippen LogP contribution is -2.38. The monoisotopic (exact) mass is 276 g/mol. The highest BCUT2D eigenvalue weighted by Crippen LogP contribution is 2.35. The highest BCUT2D eigenvalue weighted by atomic mass is 16.6. The van der Waals surface area contributed by atoms with E-state index in [1.165, 1.54) is 6.42 Å². The molecule has 4 nitrogen and oxygen atoms in total. The number of hydrogen-bond acceptors (Lipinski definition) is 4. The van der Waals surface area contributed by atoms with E-state index in [4.69, 9.17) is 15.2 Å². The summed E-state index contributed by atoms with van der Waals surface area (Å²) in [6, 6.07) is 3.95. The number of rotatable bonds is 2. The van der Waals surface area contributed by atoms with Crippen molar-refractivity contribution in [3.8, 4) is 11.5 Å². The molecule has 2 unspecified atom stereocenters. The first-order valence-corrected chi connectivity index (χ1v) is 7.54. The molecule has 1 aromatic rings. The maximum Gasteiger partial charge on any atom is 0.163 e. The fourth-order valence-corrected chi connectivity index (χ4v) is 3.02. The van der Waals surface area contributed by atoms with Gasteiger partial charge >= 0.3 is 0 Å². The molecule has 0 aromatic heterocycles. The molecule has 110 valence electrons. The predicted molar refractivity (Wildman–Crippen MR) is 80.1 cm³/mol. The lowest BCUT2D eigenvalue weighted by molar-refractivity contribution is 0.132. The molecule has 2 aliphatic rings. The highest BCUT2D eigenvalue weighted by Gasteiger charge is 2.23. The number of hydrogen-bond donors (Lipinski definition) is 1. The molecular formula is C16H24N2O2. The molecular weight excluding hydrogens is 252 g/mol. The third kappa shape index (κ3) is 2.70. The Balaban J connectivity index is 1.74. The van der Waals surface area contributed by atoms with Crippen molar-refractivity contribution in [2.45, 2.75) is 26.8 Å². The average molecular weight is 276 g/mol. The zero-order valence-corrected chi connectivity index (χ0v) is 12.4. The van der Waals surface area contributed by atoms with E-state index >= 15 is 0 Å².